The van der Waals surface area contributed by atoms with Crippen molar-refractivity contribution >= 4 is 10.9 Å². The highest BCUT2D eigenvalue weighted by atomic mass is 15.1. The molecule has 3 aromatic heterocycles. The van der Waals surface area contributed by atoms with E-state index in [-0.39, 0.29) is 0 Å². The minimum absolute atomic E-state index is 0.390. The van der Waals surface area contributed by atoms with Gasteiger partial charge in [0.1, 0.15) is 0 Å². The van der Waals surface area contributed by atoms with Crippen molar-refractivity contribution < 1.29 is 0 Å². The first kappa shape index (κ1) is 25.9. The molecule has 0 aliphatic carbocycles. The molecular weight excluding hydrogens is 568 g/mol. The van der Waals surface area contributed by atoms with Gasteiger partial charge in [-0.25, -0.2) is 39.9 Å². The molecule has 4 heterocycles. The minimum Gasteiger partial charge on any atom is -0.233 e. The van der Waals surface area contributed by atoms with E-state index in [4.69, 9.17) is 34.9 Å². The van der Waals surface area contributed by atoms with Crippen LogP contribution in [0.2, 0.25) is 0 Å². The van der Waals surface area contributed by atoms with Crippen molar-refractivity contribution in [1.29, 1.82) is 0 Å². The molecule has 8 nitrogen and oxygen atoms in total. The lowest BCUT2D eigenvalue weighted by Crippen LogP contribution is -2.03. The minimum atomic E-state index is 0.390. The zero-order valence-corrected chi connectivity index (χ0v) is 24.3. The number of hydrogen-bond acceptors (Lipinski definition) is 8. The summed E-state index contributed by atoms with van der Waals surface area (Å²) >= 11 is 0. The van der Waals surface area contributed by atoms with Gasteiger partial charge in [0.2, 0.25) is 5.82 Å². The molecule has 0 fully saturated rings. The van der Waals surface area contributed by atoms with E-state index >= 15 is 0 Å². The maximum absolute atomic E-state index is 4.98. The summed E-state index contributed by atoms with van der Waals surface area (Å²) in [7, 11) is 0. The van der Waals surface area contributed by atoms with E-state index in [1.54, 1.807) is 6.20 Å². The normalized spacial score (nSPS) is 11.5. The summed E-state index contributed by atoms with van der Waals surface area (Å²) in [5.74, 6) is 3.61. The molecule has 0 saturated heterocycles. The summed E-state index contributed by atoms with van der Waals surface area (Å²) in [6.07, 6.45) is 1.79. The summed E-state index contributed by atoms with van der Waals surface area (Å²) in [4.78, 5) is 39.1. The van der Waals surface area contributed by atoms with Gasteiger partial charge < -0.3 is 0 Å². The van der Waals surface area contributed by atoms with E-state index in [2.05, 4.69) is 29.2 Å². The van der Waals surface area contributed by atoms with Crippen LogP contribution in [0.5, 0.6) is 0 Å². The fraction of sp³-hybridized carbons (Fsp3) is 0. The quantitative estimate of drug-likeness (QED) is 0.200. The predicted molar refractivity (Wildman–Crippen MR) is 178 cm³/mol. The monoisotopic (exact) mass is 590 g/mol. The SMILES string of the molecule is c1ccc(-c2nc3nc(n2)-c2ccc4cnc(nc4c2)-c2nc(-c4ccccc4)nc(n2)-c2cccc(c2)-c2cccc-3c2)cc1. The molecular formula is C38H22N8. The highest BCUT2D eigenvalue weighted by molar-refractivity contribution is 5.84. The fourth-order valence-corrected chi connectivity index (χ4v) is 5.62. The predicted octanol–water partition coefficient (Wildman–Crippen LogP) is 7.98. The van der Waals surface area contributed by atoms with E-state index in [1.165, 1.54) is 0 Å². The van der Waals surface area contributed by atoms with Gasteiger partial charge in [0.05, 0.1) is 5.52 Å². The maximum Gasteiger partial charge on any atom is 0.201 e. The Kier molecular flexibility index (Phi) is 5.95. The van der Waals surface area contributed by atoms with Crippen LogP contribution >= 0.6 is 0 Å². The molecule has 9 rings (SSSR count). The average Bonchev–Trinajstić information content (AvgIpc) is 3.14. The fourth-order valence-electron chi connectivity index (χ4n) is 5.62. The molecule has 5 aromatic carbocycles. The van der Waals surface area contributed by atoms with E-state index in [9.17, 15) is 0 Å². The lowest BCUT2D eigenvalue weighted by molar-refractivity contribution is 1.04. The van der Waals surface area contributed by atoms with Crippen LogP contribution in [0.4, 0.5) is 0 Å². The molecule has 214 valence electrons. The van der Waals surface area contributed by atoms with Crippen LogP contribution in [-0.2, 0) is 0 Å². The van der Waals surface area contributed by atoms with Gasteiger partial charge in [-0.3, -0.25) is 0 Å². The van der Waals surface area contributed by atoms with Crippen molar-refractivity contribution in [3.8, 4) is 79.7 Å². The number of aromatic nitrogens is 8. The molecule has 0 spiro atoms. The first-order valence-electron chi connectivity index (χ1n) is 14.9. The van der Waals surface area contributed by atoms with Crippen molar-refractivity contribution in [2.45, 2.75) is 0 Å². The standard InChI is InChI=1S/C38H22N8/c1-3-9-23(10-4-1)32-41-34-27-15-7-13-25(19-27)26-14-8-16-28(20-26)35-43-33(24-11-5-2-6-12-24)45-38(46-35)37-39-22-30-18-17-29(21-31(30)40-37)36(42-32)44-34/h1-22H. The Balaban J connectivity index is 1.34. The first-order valence-corrected chi connectivity index (χ1v) is 14.9. The third kappa shape index (κ3) is 4.65. The molecule has 0 unspecified atom stereocenters. The highest BCUT2D eigenvalue weighted by Crippen LogP contribution is 2.32. The van der Waals surface area contributed by atoms with E-state index in [1.807, 2.05) is 103 Å². The highest BCUT2D eigenvalue weighted by Gasteiger charge is 2.18. The van der Waals surface area contributed by atoms with Gasteiger partial charge in [0, 0.05) is 39.4 Å². The Hall–Kier alpha value is -6.54. The van der Waals surface area contributed by atoms with Gasteiger partial charge in [0.15, 0.2) is 34.9 Å². The van der Waals surface area contributed by atoms with Crippen molar-refractivity contribution in [3.05, 3.63) is 134 Å². The summed E-state index contributed by atoms with van der Waals surface area (Å²) in [5.41, 5.74) is 7.08. The molecule has 0 radical (unpaired) electrons. The molecule has 1 aliphatic rings. The molecule has 1 aliphatic heterocycles. The summed E-state index contributed by atoms with van der Waals surface area (Å²) < 4.78 is 0. The lowest BCUT2D eigenvalue weighted by Gasteiger charge is -2.10. The Morgan fingerprint density at radius 3 is 1.26 bits per heavy atom. The molecule has 46 heavy (non-hydrogen) atoms. The third-order valence-electron chi connectivity index (χ3n) is 7.95. The topological polar surface area (TPSA) is 103 Å². The Morgan fingerprint density at radius 1 is 0.283 bits per heavy atom. The maximum atomic E-state index is 4.98. The van der Waals surface area contributed by atoms with Gasteiger partial charge in [-0.1, -0.05) is 109 Å². The second-order valence-electron chi connectivity index (χ2n) is 11.0. The zero-order chi connectivity index (χ0) is 30.5. The second-order valence-corrected chi connectivity index (χ2v) is 11.0. The Morgan fingerprint density at radius 2 is 0.717 bits per heavy atom. The molecule has 0 N–H and O–H groups in total. The Bertz CT molecular complexity index is 2260. The van der Waals surface area contributed by atoms with Gasteiger partial charge in [0.25, 0.3) is 0 Å². The van der Waals surface area contributed by atoms with Crippen LogP contribution in [0.1, 0.15) is 0 Å². The zero-order valence-electron chi connectivity index (χ0n) is 24.3. The smallest absolute Gasteiger partial charge is 0.201 e. The molecule has 0 amide bonds. The number of hydrogen-bond donors (Lipinski definition) is 0. The largest absolute Gasteiger partial charge is 0.233 e. The van der Waals surface area contributed by atoms with Crippen molar-refractivity contribution in [2.75, 3.05) is 0 Å². The lowest BCUT2D eigenvalue weighted by atomic mass is 10.0. The van der Waals surface area contributed by atoms with Crippen molar-refractivity contribution in [1.82, 2.24) is 39.9 Å². The van der Waals surface area contributed by atoms with Crippen LogP contribution in [0, 0.1) is 0 Å². The van der Waals surface area contributed by atoms with Crippen molar-refractivity contribution in [3.63, 3.8) is 0 Å². The van der Waals surface area contributed by atoms with Gasteiger partial charge in [-0.15, -0.1) is 0 Å². The third-order valence-corrected chi connectivity index (χ3v) is 7.95. The molecule has 0 atom stereocenters. The summed E-state index contributed by atoms with van der Waals surface area (Å²) in [5, 5.41) is 0.876. The van der Waals surface area contributed by atoms with Crippen LogP contribution < -0.4 is 0 Å². The van der Waals surface area contributed by atoms with E-state index in [0.29, 0.717) is 40.8 Å². The molecule has 0 saturated carbocycles. The van der Waals surface area contributed by atoms with Gasteiger partial charge in [-0.2, -0.15) is 0 Å². The van der Waals surface area contributed by atoms with Crippen LogP contribution in [0.15, 0.2) is 134 Å². The number of nitrogens with zero attached hydrogens (tertiary/aromatic N) is 8. The molecule has 8 heteroatoms. The Labute approximate surface area is 263 Å². The number of rotatable bonds is 2. The van der Waals surface area contributed by atoms with Crippen LogP contribution in [-0.4, -0.2) is 39.9 Å². The average molecular weight is 591 g/mol. The van der Waals surface area contributed by atoms with E-state index in [0.717, 1.165) is 49.8 Å². The van der Waals surface area contributed by atoms with Crippen LogP contribution in [0.3, 0.4) is 0 Å². The number of fused-ring (bicyclic) bond motifs is 15. The molecule has 8 aromatic rings. The van der Waals surface area contributed by atoms with Crippen molar-refractivity contribution in [2.24, 2.45) is 0 Å². The summed E-state index contributed by atoms with van der Waals surface area (Å²) in [6.45, 7) is 0. The van der Waals surface area contributed by atoms with Gasteiger partial charge in [-0.05, 0) is 29.3 Å². The summed E-state index contributed by atoms with van der Waals surface area (Å²) in [6, 6.07) is 42.2. The second kappa shape index (κ2) is 10.6. The number of benzene rings is 5. The van der Waals surface area contributed by atoms with Crippen LogP contribution in [0.25, 0.3) is 90.6 Å². The first-order chi connectivity index (χ1) is 22.7. The molecule has 11 bridgehead atoms. The van der Waals surface area contributed by atoms with Gasteiger partial charge >= 0.3 is 0 Å². The van der Waals surface area contributed by atoms with E-state index < -0.39 is 0 Å².